The summed E-state index contributed by atoms with van der Waals surface area (Å²) in [5, 5.41) is 1.29. The van der Waals surface area contributed by atoms with E-state index in [0.29, 0.717) is 13.0 Å². The van der Waals surface area contributed by atoms with Crippen molar-refractivity contribution in [1.29, 1.82) is 0 Å². The normalized spacial score (nSPS) is 20.0. The SMILES string of the molecule is C=CS(=O)(=O)NC[C@H]1CCCN(S(=O)(=O)c2ccc(Cl)c(Cl)c2)C1. The van der Waals surface area contributed by atoms with E-state index in [4.69, 9.17) is 23.2 Å². The number of halogens is 2. The number of piperidine rings is 1. The van der Waals surface area contributed by atoms with Crippen LogP contribution in [0.5, 0.6) is 0 Å². The van der Waals surface area contributed by atoms with Gasteiger partial charge in [-0.2, -0.15) is 4.31 Å². The first-order chi connectivity index (χ1) is 11.2. The quantitative estimate of drug-likeness (QED) is 0.777. The summed E-state index contributed by atoms with van der Waals surface area (Å²) in [6, 6.07) is 4.17. The molecule has 0 saturated carbocycles. The molecule has 1 fully saturated rings. The van der Waals surface area contributed by atoms with Gasteiger partial charge in [0.1, 0.15) is 0 Å². The number of rotatable bonds is 6. The molecule has 1 aliphatic heterocycles. The molecular formula is C14H18Cl2N2O4S2. The molecule has 1 aromatic carbocycles. The monoisotopic (exact) mass is 412 g/mol. The number of sulfonamides is 2. The number of hydrogen-bond acceptors (Lipinski definition) is 4. The van der Waals surface area contributed by atoms with E-state index in [2.05, 4.69) is 11.3 Å². The third-order valence-electron chi connectivity index (χ3n) is 3.80. The molecule has 0 bridgehead atoms. The van der Waals surface area contributed by atoms with Crippen molar-refractivity contribution < 1.29 is 16.8 Å². The molecule has 2 rings (SSSR count). The second-order valence-corrected chi connectivity index (χ2v) is 9.97. The molecule has 1 atom stereocenters. The lowest BCUT2D eigenvalue weighted by Crippen LogP contribution is -2.43. The predicted molar refractivity (Wildman–Crippen MR) is 95.1 cm³/mol. The van der Waals surface area contributed by atoms with Gasteiger partial charge in [-0.1, -0.05) is 29.8 Å². The maximum atomic E-state index is 12.7. The highest BCUT2D eigenvalue weighted by Gasteiger charge is 2.30. The molecule has 1 N–H and O–H groups in total. The van der Waals surface area contributed by atoms with Crippen molar-refractivity contribution in [3.05, 3.63) is 40.2 Å². The summed E-state index contributed by atoms with van der Waals surface area (Å²) in [7, 11) is -7.22. The number of nitrogens with one attached hydrogen (secondary N) is 1. The first-order valence-corrected chi connectivity index (χ1v) is 11.0. The van der Waals surface area contributed by atoms with Crippen molar-refractivity contribution in [2.45, 2.75) is 17.7 Å². The van der Waals surface area contributed by atoms with Crippen LogP contribution in [0.15, 0.2) is 35.1 Å². The third kappa shape index (κ3) is 4.71. The Bertz CT molecular complexity index is 825. The summed E-state index contributed by atoms with van der Waals surface area (Å²) in [6.07, 6.45) is 1.40. The minimum absolute atomic E-state index is 0.0734. The maximum absolute atomic E-state index is 12.7. The minimum atomic E-state index is -3.70. The van der Waals surface area contributed by atoms with Crippen molar-refractivity contribution in [2.24, 2.45) is 5.92 Å². The summed E-state index contributed by atoms with van der Waals surface area (Å²) in [4.78, 5) is 0.0734. The molecular weight excluding hydrogens is 395 g/mol. The van der Waals surface area contributed by atoms with E-state index >= 15 is 0 Å². The second kappa shape index (κ2) is 7.72. The van der Waals surface area contributed by atoms with Gasteiger partial charge in [-0.15, -0.1) is 0 Å². The van der Waals surface area contributed by atoms with Crippen LogP contribution in [0.4, 0.5) is 0 Å². The Labute approximate surface area is 152 Å². The molecule has 1 aromatic rings. The highest BCUT2D eigenvalue weighted by Crippen LogP contribution is 2.28. The Hall–Kier alpha value is -0.640. The zero-order valence-corrected chi connectivity index (χ0v) is 15.9. The molecule has 0 aliphatic carbocycles. The first kappa shape index (κ1) is 19.7. The van der Waals surface area contributed by atoms with E-state index in [-0.39, 0.29) is 33.9 Å². The van der Waals surface area contributed by atoms with Crippen molar-refractivity contribution in [3.8, 4) is 0 Å². The summed E-state index contributed by atoms with van der Waals surface area (Å²) >= 11 is 11.7. The van der Waals surface area contributed by atoms with E-state index < -0.39 is 20.0 Å². The summed E-state index contributed by atoms with van der Waals surface area (Å²) < 4.78 is 52.0. The average Bonchev–Trinajstić information content (AvgIpc) is 2.56. The molecule has 0 radical (unpaired) electrons. The highest BCUT2D eigenvalue weighted by molar-refractivity contribution is 7.92. The van der Waals surface area contributed by atoms with Crippen LogP contribution in [-0.4, -0.2) is 40.8 Å². The van der Waals surface area contributed by atoms with E-state index in [0.717, 1.165) is 11.8 Å². The fourth-order valence-corrected chi connectivity index (χ4v) is 5.02. The smallest absolute Gasteiger partial charge is 0.211 e. The lowest BCUT2D eigenvalue weighted by molar-refractivity contribution is 0.267. The van der Waals surface area contributed by atoms with Crippen LogP contribution in [0.25, 0.3) is 0 Å². The van der Waals surface area contributed by atoms with Gasteiger partial charge in [-0.05, 0) is 37.0 Å². The van der Waals surface area contributed by atoms with Gasteiger partial charge in [0.05, 0.1) is 14.9 Å². The summed E-state index contributed by atoms with van der Waals surface area (Å²) in [5.41, 5.74) is 0. The highest BCUT2D eigenvalue weighted by atomic mass is 35.5. The fraction of sp³-hybridized carbons (Fsp3) is 0.429. The van der Waals surface area contributed by atoms with Gasteiger partial charge < -0.3 is 0 Å². The zero-order valence-electron chi connectivity index (χ0n) is 12.8. The van der Waals surface area contributed by atoms with Crippen LogP contribution in [0, 0.1) is 5.92 Å². The largest absolute Gasteiger partial charge is 0.243 e. The van der Waals surface area contributed by atoms with Gasteiger partial charge in [-0.25, -0.2) is 21.6 Å². The number of hydrogen-bond donors (Lipinski definition) is 1. The van der Waals surface area contributed by atoms with E-state index in [1.165, 1.54) is 22.5 Å². The molecule has 134 valence electrons. The van der Waals surface area contributed by atoms with Crippen molar-refractivity contribution in [3.63, 3.8) is 0 Å². The minimum Gasteiger partial charge on any atom is -0.211 e. The molecule has 1 aliphatic rings. The average molecular weight is 413 g/mol. The van der Waals surface area contributed by atoms with Crippen molar-refractivity contribution in [2.75, 3.05) is 19.6 Å². The molecule has 0 amide bonds. The van der Waals surface area contributed by atoms with Crippen LogP contribution in [0.3, 0.4) is 0 Å². The molecule has 0 aromatic heterocycles. The van der Waals surface area contributed by atoms with Crippen molar-refractivity contribution in [1.82, 2.24) is 9.03 Å². The Morgan fingerprint density at radius 1 is 1.25 bits per heavy atom. The Morgan fingerprint density at radius 2 is 1.96 bits per heavy atom. The molecule has 1 saturated heterocycles. The van der Waals surface area contributed by atoms with Crippen LogP contribution in [0.2, 0.25) is 10.0 Å². The predicted octanol–water partition coefficient (Wildman–Crippen LogP) is 2.46. The topological polar surface area (TPSA) is 83.6 Å². The van der Waals surface area contributed by atoms with Crippen LogP contribution in [0.1, 0.15) is 12.8 Å². The second-order valence-electron chi connectivity index (χ2n) is 5.51. The summed E-state index contributed by atoms with van der Waals surface area (Å²) in [6.45, 7) is 4.01. The van der Waals surface area contributed by atoms with Gasteiger partial charge in [0, 0.05) is 25.0 Å². The number of benzene rings is 1. The van der Waals surface area contributed by atoms with Gasteiger partial charge >= 0.3 is 0 Å². The molecule has 1 heterocycles. The lowest BCUT2D eigenvalue weighted by atomic mass is 10.0. The Morgan fingerprint density at radius 3 is 2.58 bits per heavy atom. The van der Waals surface area contributed by atoms with E-state index in [1.807, 2.05) is 0 Å². The van der Waals surface area contributed by atoms with E-state index in [9.17, 15) is 16.8 Å². The fourth-order valence-electron chi connectivity index (χ4n) is 2.49. The molecule has 6 nitrogen and oxygen atoms in total. The maximum Gasteiger partial charge on any atom is 0.243 e. The third-order valence-corrected chi connectivity index (χ3v) is 7.41. The van der Waals surface area contributed by atoms with Gasteiger partial charge in [0.15, 0.2) is 0 Å². The van der Waals surface area contributed by atoms with Gasteiger partial charge in [0.25, 0.3) is 0 Å². The van der Waals surface area contributed by atoms with Crippen LogP contribution < -0.4 is 4.72 Å². The molecule has 0 spiro atoms. The molecule has 24 heavy (non-hydrogen) atoms. The summed E-state index contributed by atoms with van der Waals surface area (Å²) in [5.74, 6) is -0.106. The molecule has 0 unspecified atom stereocenters. The van der Waals surface area contributed by atoms with E-state index in [1.54, 1.807) is 0 Å². The van der Waals surface area contributed by atoms with Crippen LogP contribution in [-0.2, 0) is 20.0 Å². The zero-order chi connectivity index (χ0) is 18.0. The standard InChI is InChI=1S/C14H18Cl2N2O4S2/c1-2-23(19,20)17-9-11-4-3-7-18(10-11)24(21,22)12-5-6-13(15)14(16)8-12/h2,5-6,8,11,17H,1,3-4,7,9-10H2/t11-/m1/s1. The van der Waals surface area contributed by atoms with Gasteiger partial charge in [-0.3, -0.25) is 0 Å². The Balaban J connectivity index is 2.13. The van der Waals surface area contributed by atoms with Gasteiger partial charge in [0.2, 0.25) is 20.0 Å². The lowest BCUT2D eigenvalue weighted by Gasteiger charge is -2.32. The molecule has 10 heteroatoms. The first-order valence-electron chi connectivity index (χ1n) is 7.23. The Kier molecular flexibility index (Phi) is 6.33. The van der Waals surface area contributed by atoms with Crippen molar-refractivity contribution >= 4 is 43.2 Å². The number of nitrogens with zero attached hydrogens (tertiary/aromatic N) is 1. The van der Waals surface area contributed by atoms with Crippen LogP contribution >= 0.6 is 23.2 Å².